The van der Waals surface area contributed by atoms with E-state index in [2.05, 4.69) is 17.1 Å². The van der Waals surface area contributed by atoms with E-state index in [0.29, 0.717) is 26.2 Å². The van der Waals surface area contributed by atoms with Crippen molar-refractivity contribution in [2.45, 2.75) is 20.3 Å². The molecule has 2 rings (SSSR count). The number of nitrogens with one attached hydrogen (secondary N) is 1. The van der Waals surface area contributed by atoms with Crippen LogP contribution in [-0.4, -0.2) is 60.9 Å². The summed E-state index contributed by atoms with van der Waals surface area (Å²) in [5.41, 5.74) is 1.98. The van der Waals surface area contributed by atoms with Crippen LogP contribution >= 0.6 is 0 Å². The van der Waals surface area contributed by atoms with Gasteiger partial charge in [0.25, 0.3) is 5.91 Å². The molecule has 0 saturated carbocycles. The van der Waals surface area contributed by atoms with Gasteiger partial charge in [-0.2, -0.15) is 0 Å². The normalized spacial score (nSPS) is 15.6. The topological polar surface area (TPSA) is 52.7 Å². The van der Waals surface area contributed by atoms with Crippen LogP contribution in [0.15, 0.2) is 24.3 Å². The molecule has 0 aliphatic carbocycles. The van der Waals surface area contributed by atoms with E-state index in [4.69, 9.17) is 0 Å². The Morgan fingerprint density at radius 1 is 1.05 bits per heavy atom. The fourth-order valence-electron chi connectivity index (χ4n) is 2.63. The summed E-state index contributed by atoms with van der Waals surface area (Å²) in [6, 6.07) is 7.83. The molecule has 0 atom stereocenters. The molecule has 0 radical (unpaired) electrons. The number of carbonyl (C=O) groups excluding carboxylic acids is 2. The fourth-order valence-corrected chi connectivity index (χ4v) is 2.63. The largest absolute Gasteiger partial charge is 0.355 e. The Morgan fingerprint density at radius 2 is 1.68 bits per heavy atom. The van der Waals surface area contributed by atoms with E-state index in [9.17, 15) is 9.59 Å². The number of piperazine rings is 1. The second-order valence-corrected chi connectivity index (χ2v) is 5.57. The van der Waals surface area contributed by atoms with Crippen LogP contribution in [0.2, 0.25) is 0 Å². The predicted octanol–water partition coefficient (Wildman–Crippen LogP) is 1.14. The Balaban J connectivity index is 1.85. The average molecular weight is 303 g/mol. The van der Waals surface area contributed by atoms with Crippen molar-refractivity contribution in [2.24, 2.45) is 0 Å². The molecule has 5 heteroatoms. The Kier molecular flexibility index (Phi) is 5.95. The first kappa shape index (κ1) is 16.5. The van der Waals surface area contributed by atoms with Gasteiger partial charge in [0.15, 0.2) is 0 Å². The zero-order chi connectivity index (χ0) is 15.9. The third-order valence-electron chi connectivity index (χ3n) is 4.01. The Bertz CT molecular complexity index is 505. The molecule has 1 saturated heterocycles. The van der Waals surface area contributed by atoms with Crippen LogP contribution < -0.4 is 5.32 Å². The molecule has 0 aromatic heterocycles. The highest BCUT2D eigenvalue weighted by Gasteiger charge is 2.23. The molecule has 1 N–H and O–H groups in total. The van der Waals surface area contributed by atoms with Gasteiger partial charge in [-0.05, 0) is 31.0 Å². The zero-order valence-electron chi connectivity index (χ0n) is 13.5. The van der Waals surface area contributed by atoms with Gasteiger partial charge in [0.05, 0.1) is 6.54 Å². The van der Waals surface area contributed by atoms with Gasteiger partial charge in [-0.25, -0.2) is 0 Å². The lowest BCUT2D eigenvalue weighted by Crippen LogP contribution is -2.51. The highest BCUT2D eigenvalue weighted by molar-refractivity contribution is 5.94. The van der Waals surface area contributed by atoms with E-state index in [1.807, 2.05) is 36.1 Å². The molecule has 1 fully saturated rings. The van der Waals surface area contributed by atoms with Crippen molar-refractivity contribution in [1.82, 2.24) is 15.1 Å². The van der Waals surface area contributed by atoms with E-state index < -0.39 is 0 Å². The third-order valence-corrected chi connectivity index (χ3v) is 4.01. The summed E-state index contributed by atoms with van der Waals surface area (Å²) in [7, 11) is 0. The number of aryl methyl sites for hydroxylation is 1. The van der Waals surface area contributed by atoms with Crippen LogP contribution in [-0.2, 0) is 11.2 Å². The lowest BCUT2D eigenvalue weighted by molar-refractivity contribution is -0.122. The van der Waals surface area contributed by atoms with Crippen LogP contribution in [0.4, 0.5) is 0 Å². The Labute approximate surface area is 132 Å². The molecule has 22 heavy (non-hydrogen) atoms. The molecule has 1 aliphatic heterocycles. The highest BCUT2D eigenvalue weighted by atomic mass is 16.2. The third kappa shape index (κ3) is 4.31. The lowest BCUT2D eigenvalue weighted by Gasteiger charge is -2.34. The van der Waals surface area contributed by atoms with Crippen LogP contribution in [0, 0.1) is 0 Å². The van der Waals surface area contributed by atoms with Gasteiger partial charge in [0.1, 0.15) is 0 Å². The number of rotatable bonds is 5. The van der Waals surface area contributed by atoms with Crippen LogP contribution in [0.25, 0.3) is 0 Å². The quantitative estimate of drug-likeness (QED) is 0.887. The van der Waals surface area contributed by atoms with Gasteiger partial charge in [-0.15, -0.1) is 0 Å². The summed E-state index contributed by atoms with van der Waals surface area (Å²) < 4.78 is 0. The molecular weight excluding hydrogens is 278 g/mol. The fraction of sp³-hybridized carbons (Fsp3) is 0.529. The molecule has 1 aromatic rings. The van der Waals surface area contributed by atoms with E-state index in [0.717, 1.165) is 25.1 Å². The minimum absolute atomic E-state index is 0.0532. The number of benzene rings is 1. The number of likely N-dealkylation sites (N-methyl/N-ethyl adjacent to an activating group) is 1. The molecule has 1 aliphatic rings. The summed E-state index contributed by atoms with van der Waals surface area (Å²) in [6.45, 7) is 7.93. The molecule has 0 unspecified atom stereocenters. The van der Waals surface area contributed by atoms with Gasteiger partial charge in [-0.3, -0.25) is 14.5 Å². The first-order chi connectivity index (χ1) is 10.6. The summed E-state index contributed by atoms with van der Waals surface area (Å²) in [5, 5.41) is 2.80. The summed E-state index contributed by atoms with van der Waals surface area (Å²) in [4.78, 5) is 28.0. The molecule has 0 bridgehead atoms. The number of hydrogen-bond acceptors (Lipinski definition) is 3. The smallest absolute Gasteiger partial charge is 0.253 e. The molecule has 2 amide bonds. The molecule has 120 valence electrons. The minimum atomic E-state index is 0.0532. The Hall–Kier alpha value is -1.88. The monoisotopic (exact) mass is 303 g/mol. The van der Waals surface area contributed by atoms with Gasteiger partial charge in [0, 0.05) is 38.3 Å². The second-order valence-electron chi connectivity index (χ2n) is 5.57. The van der Waals surface area contributed by atoms with Crippen molar-refractivity contribution < 1.29 is 9.59 Å². The molecule has 0 spiro atoms. The van der Waals surface area contributed by atoms with Gasteiger partial charge >= 0.3 is 0 Å². The van der Waals surface area contributed by atoms with Crippen molar-refractivity contribution in [1.29, 1.82) is 0 Å². The SMILES string of the molecule is CCNC(=O)CN1CCN(C(=O)c2ccc(CC)cc2)CC1. The van der Waals surface area contributed by atoms with Crippen molar-refractivity contribution in [3.8, 4) is 0 Å². The van der Waals surface area contributed by atoms with Crippen molar-refractivity contribution in [3.05, 3.63) is 35.4 Å². The molecular formula is C17H25N3O2. The van der Waals surface area contributed by atoms with Crippen LogP contribution in [0.5, 0.6) is 0 Å². The van der Waals surface area contributed by atoms with Crippen molar-refractivity contribution in [2.75, 3.05) is 39.3 Å². The van der Waals surface area contributed by atoms with Crippen LogP contribution in [0.1, 0.15) is 29.8 Å². The minimum Gasteiger partial charge on any atom is -0.355 e. The number of carbonyl (C=O) groups is 2. The van der Waals surface area contributed by atoms with Gasteiger partial charge in [-0.1, -0.05) is 19.1 Å². The van der Waals surface area contributed by atoms with E-state index in [1.54, 1.807) is 0 Å². The molecule has 5 nitrogen and oxygen atoms in total. The van der Waals surface area contributed by atoms with Gasteiger partial charge < -0.3 is 10.2 Å². The van der Waals surface area contributed by atoms with E-state index in [1.165, 1.54) is 5.56 Å². The molecule has 1 aromatic carbocycles. The summed E-state index contributed by atoms with van der Waals surface area (Å²) in [5.74, 6) is 0.137. The maximum absolute atomic E-state index is 12.5. The predicted molar refractivity (Wildman–Crippen MR) is 86.8 cm³/mol. The lowest BCUT2D eigenvalue weighted by atomic mass is 10.1. The first-order valence-corrected chi connectivity index (χ1v) is 8.01. The average Bonchev–Trinajstić information content (AvgIpc) is 2.55. The summed E-state index contributed by atoms with van der Waals surface area (Å²) in [6.07, 6.45) is 0.979. The summed E-state index contributed by atoms with van der Waals surface area (Å²) >= 11 is 0. The van der Waals surface area contributed by atoms with Gasteiger partial charge in [0.2, 0.25) is 5.91 Å². The van der Waals surface area contributed by atoms with Crippen molar-refractivity contribution in [3.63, 3.8) is 0 Å². The zero-order valence-corrected chi connectivity index (χ0v) is 13.5. The Morgan fingerprint density at radius 3 is 2.23 bits per heavy atom. The number of nitrogens with zero attached hydrogens (tertiary/aromatic N) is 2. The number of hydrogen-bond donors (Lipinski definition) is 1. The standard InChI is InChI=1S/C17H25N3O2/c1-3-14-5-7-15(8-6-14)17(22)20-11-9-19(10-12-20)13-16(21)18-4-2/h5-8H,3-4,9-13H2,1-2H3,(H,18,21). The maximum atomic E-state index is 12.5. The number of amides is 2. The van der Waals surface area contributed by atoms with Crippen molar-refractivity contribution >= 4 is 11.8 Å². The second kappa shape index (κ2) is 7.94. The maximum Gasteiger partial charge on any atom is 0.253 e. The first-order valence-electron chi connectivity index (χ1n) is 8.01. The van der Waals surface area contributed by atoms with Crippen LogP contribution in [0.3, 0.4) is 0 Å². The highest BCUT2D eigenvalue weighted by Crippen LogP contribution is 2.10. The molecule has 1 heterocycles. The van der Waals surface area contributed by atoms with E-state index >= 15 is 0 Å². The van der Waals surface area contributed by atoms with E-state index in [-0.39, 0.29) is 11.8 Å².